The van der Waals surface area contributed by atoms with Crippen LogP contribution in [0.3, 0.4) is 0 Å². The average Bonchev–Trinajstić information content (AvgIpc) is 2.18. The minimum absolute atomic E-state index is 0.191. The first-order valence-electron chi connectivity index (χ1n) is 4.20. The summed E-state index contributed by atoms with van der Waals surface area (Å²) in [6.07, 6.45) is 0. The van der Waals surface area contributed by atoms with Crippen molar-refractivity contribution in [3.63, 3.8) is 0 Å². The van der Waals surface area contributed by atoms with Gasteiger partial charge in [-0.2, -0.15) is 5.48 Å². The molecule has 1 aromatic carbocycles. The van der Waals surface area contributed by atoms with E-state index in [2.05, 4.69) is 5.48 Å². The van der Waals surface area contributed by atoms with Crippen LogP contribution in [0.2, 0.25) is 0 Å². The quantitative estimate of drug-likeness (QED) is 0.720. The van der Waals surface area contributed by atoms with E-state index in [4.69, 9.17) is 9.57 Å². The van der Waals surface area contributed by atoms with Gasteiger partial charge in [-0.1, -0.05) is 12.1 Å². The molecule has 13 heavy (non-hydrogen) atoms. The van der Waals surface area contributed by atoms with E-state index in [-0.39, 0.29) is 6.04 Å². The van der Waals surface area contributed by atoms with Crippen molar-refractivity contribution in [2.45, 2.75) is 13.0 Å². The maximum Gasteiger partial charge on any atom is 0.118 e. The van der Waals surface area contributed by atoms with Crippen molar-refractivity contribution < 1.29 is 9.57 Å². The predicted molar refractivity (Wildman–Crippen MR) is 51.6 cm³/mol. The SMILES string of the molecule is CONC(C)c1ccc(OC)cc1. The number of hydrogen-bond donors (Lipinski definition) is 1. The Morgan fingerprint density at radius 2 is 1.77 bits per heavy atom. The van der Waals surface area contributed by atoms with Gasteiger partial charge < -0.3 is 9.57 Å². The topological polar surface area (TPSA) is 30.5 Å². The predicted octanol–water partition coefficient (Wildman–Crippen LogP) is 1.91. The van der Waals surface area contributed by atoms with E-state index in [0.717, 1.165) is 5.75 Å². The lowest BCUT2D eigenvalue weighted by Crippen LogP contribution is -2.16. The minimum Gasteiger partial charge on any atom is -0.497 e. The number of benzene rings is 1. The molecule has 1 N–H and O–H groups in total. The Morgan fingerprint density at radius 3 is 2.23 bits per heavy atom. The summed E-state index contributed by atoms with van der Waals surface area (Å²) in [6, 6.07) is 8.08. The molecule has 0 saturated carbocycles. The third-order valence-corrected chi connectivity index (χ3v) is 1.91. The van der Waals surface area contributed by atoms with Gasteiger partial charge in [-0.05, 0) is 24.6 Å². The molecule has 72 valence electrons. The Bertz CT molecular complexity index is 246. The van der Waals surface area contributed by atoms with E-state index in [9.17, 15) is 0 Å². The van der Waals surface area contributed by atoms with Crippen LogP contribution in [0.1, 0.15) is 18.5 Å². The molecule has 0 spiro atoms. The monoisotopic (exact) mass is 181 g/mol. The van der Waals surface area contributed by atoms with Crippen LogP contribution in [-0.4, -0.2) is 14.2 Å². The van der Waals surface area contributed by atoms with Gasteiger partial charge in [0, 0.05) is 0 Å². The van der Waals surface area contributed by atoms with Crippen molar-refractivity contribution in [2.24, 2.45) is 0 Å². The van der Waals surface area contributed by atoms with Gasteiger partial charge in [0.15, 0.2) is 0 Å². The maximum atomic E-state index is 5.06. The second-order valence-corrected chi connectivity index (χ2v) is 2.82. The Labute approximate surface area is 78.6 Å². The Morgan fingerprint density at radius 1 is 1.15 bits per heavy atom. The van der Waals surface area contributed by atoms with Crippen molar-refractivity contribution in [1.29, 1.82) is 0 Å². The lowest BCUT2D eigenvalue weighted by atomic mass is 10.1. The summed E-state index contributed by atoms with van der Waals surface area (Å²) in [5.74, 6) is 0.869. The molecule has 3 nitrogen and oxygen atoms in total. The number of rotatable bonds is 4. The first-order chi connectivity index (χ1) is 6.27. The summed E-state index contributed by atoms with van der Waals surface area (Å²) < 4.78 is 5.06. The van der Waals surface area contributed by atoms with Crippen molar-refractivity contribution in [3.8, 4) is 5.75 Å². The van der Waals surface area contributed by atoms with Gasteiger partial charge in [-0.3, -0.25) is 0 Å². The van der Waals surface area contributed by atoms with Crippen LogP contribution in [0.5, 0.6) is 5.75 Å². The molecular formula is C10H15NO2. The lowest BCUT2D eigenvalue weighted by molar-refractivity contribution is 0.0658. The molecule has 0 fully saturated rings. The van der Waals surface area contributed by atoms with Crippen LogP contribution in [0.4, 0.5) is 0 Å². The highest BCUT2D eigenvalue weighted by molar-refractivity contribution is 5.28. The first kappa shape index (κ1) is 10.0. The molecule has 0 heterocycles. The van der Waals surface area contributed by atoms with Crippen molar-refractivity contribution in [3.05, 3.63) is 29.8 Å². The number of ether oxygens (including phenoxy) is 1. The Hall–Kier alpha value is -1.06. The molecule has 0 amide bonds. The van der Waals surface area contributed by atoms with Gasteiger partial charge in [0.2, 0.25) is 0 Å². The van der Waals surface area contributed by atoms with E-state index in [1.807, 2.05) is 31.2 Å². The number of hydrogen-bond acceptors (Lipinski definition) is 3. The van der Waals surface area contributed by atoms with Crippen LogP contribution in [0.25, 0.3) is 0 Å². The molecule has 1 atom stereocenters. The molecular weight excluding hydrogens is 166 g/mol. The molecule has 3 heteroatoms. The van der Waals surface area contributed by atoms with E-state index in [1.54, 1.807) is 14.2 Å². The van der Waals surface area contributed by atoms with Crippen LogP contribution in [0, 0.1) is 0 Å². The molecule has 1 rings (SSSR count). The van der Waals surface area contributed by atoms with Crippen molar-refractivity contribution in [2.75, 3.05) is 14.2 Å². The average molecular weight is 181 g/mol. The molecule has 0 aliphatic carbocycles. The third-order valence-electron chi connectivity index (χ3n) is 1.91. The van der Waals surface area contributed by atoms with E-state index < -0.39 is 0 Å². The van der Waals surface area contributed by atoms with Gasteiger partial charge in [0.25, 0.3) is 0 Å². The number of hydroxylamine groups is 1. The summed E-state index contributed by atoms with van der Waals surface area (Å²) in [5.41, 5.74) is 4.03. The number of nitrogens with one attached hydrogen (secondary N) is 1. The highest BCUT2D eigenvalue weighted by Crippen LogP contribution is 2.16. The molecule has 0 aliphatic heterocycles. The van der Waals surface area contributed by atoms with Crippen molar-refractivity contribution >= 4 is 0 Å². The maximum absolute atomic E-state index is 5.06. The largest absolute Gasteiger partial charge is 0.497 e. The van der Waals surface area contributed by atoms with Gasteiger partial charge in [0.05, 0.1) is 20.3 Å². The molecule has 1 aromatic rings. The summed E-state index contributed by atoms with van der Waals surface area (Å²) in [7, 11) is 3.27. The Kier molecular flexibility index (Phi) is 3.73. The summed E-state index contributed by atoms with van der Waals surface area (Å²) in [5, 5.41) is 0. The Balaban J connectivity index is 2.67. The smallest absolute Gasteiger partial charge is 0.118 e. The van der Waals surface area contributed by atoms with Crippen LogP contribution < -0.4 is 10.2 Å². The first-order valence-corrected chi connectivity index (χ1v) is 4.20. The fourth-order valence-electron chi connectivity index (χ4n) is 1.14. The normalized spacial score (nSPS) is 12.5. The van der Waals surface area contributed by atoms with Gasteiger partial charge in [-0.25, -0.2) is 0 Å². The van der Waals surface area contributed by atoms with Gasteiger partial charge in [-0.15, -0.1) is 0 Å². The number of methoxy groups -OCH3 is 1. The van der Waals surface area contributed by atoms with Crippen LogP contribution >= 0.6 is 0 Å². The molecule has 0 radical (unpaired) electrons. The highest BCUT2D eigenvalue weighted by atomic mass is 16.6. The fraction of sp³-hybridized carbons (Fsp3) is 0.400. The molecule has 0 aromatic heterocycles. The van der Waals surface area contributed by atoms with Crippen LogP contribution in [0.15, 0.2) is 24.3 Å². The second kappa shape index (κ2) is 4.84. The second-order valence-electron chi connectivity index (χ2n) is 2.82. The standard InChI is InChI=1S/C10H15NO2/c1-8(11-13-3)9-4-6-10(12-2)7-5-9/h4-8,11H,1-3H3. The minimum atomic E-state index is 0.191. The highest BCUT2D eigenvalue weighted by Gasteiger charge is 2.03. The van der Waals surface area contributed by atoms with Gasteiger partial charge >= 0.3 is 0 Å². The zero-order valence-corrected chi connectivity index (χ0v) is 8.20. The molecule has 0 saturated heterocycles. The molecule has 0 bridgehead atoms. The molecule has 1 unspecified atom stereocenters. The van der Waals surface area contributed by atoms with E-state index >= 15 is 0 Å². The zero-order valence-electron chi connectivity index (χ0n) is 8.20. The van der Waals surface area contributed by atoms with E-state index in [0.29, 0.717) is 0 Å². The summed E-state index contributed by atoms with van der Waals surface area (Å²) >= 11 is 0. The van der Waals surface area contributed by atoms with E-state index in [1.165, 1.54) is 5.56 Å². The molecule has 0 aliphatic rings. The zero-order chi connectivity index (χ0) is 9.68. The summed E-state index contributed by atoms with van der Waals surface area (Å²) in [6.45, 7) is 2.03. The van der Waals surface area contributed by atoms with Crippen molar-refractivity contribution in [1.82, 2.24) is 5.48 Å². The third kappa shape index (κ3) is 2.72. The fourth-order valence-corrected chi connectivity index (χ4v) is 1.14. The van der Waals surface area contributed by atoms with Gasteiger partial charge in [0.1, 0.15) is 5.75 Å². The van der Waals surface area contributed by atoms with Crippen LogP contribution in [-0.2, 0) is 4.84 Å². The lowest BCUT2D eigenvalue weighted by Gasteiger charge is -2.12. The summed E-state index contributed by atoms with van der Waals surface area (Å²) in [4.78, 5) is 4.83.